The van der Waals surface area contributed by atoms with Gasteiger partial charge in [0.15, 0.2) is 12.0 Å². The summed E-state index contributed by atoms with van der Waals surface area (Å²) in [5.41, 5.74) is 4.07. The summed E-state index contributed by atoms with van der Waals surface area (Å²) in [6, 6.07) is 0. The van der Waals surface area contributed by atoms with E-state index in [2.05, 4.69) is 15.4 Å². The molecule has 11 heteroatoms. The van der Waals surface area contributed by atoms with E-state index in [-0.39, 0.29) is 12.4 Å². The van der Waals surface area contributed by atoms with Crippen LogP contribution in [0.2, 0.25) is 0 Å². The van der Waals surface area contributed by atoms with Crippen molar-refractivity contribution >= 4 is 11.7 Å². The lowest BCUT2D eigenvalue weighted by atomic mass is 10.1. The highest BCUT2D eigenvalue weighted by molar-refractivity contribution is 5.78. The lowest BCUT2D eigenvalue weighted by Gasteiger charge is -2.15. The highest BCUT2D eigenvalue weighted by atomic mass is 16.6. The summed E-state index contributed by atoms with van der Waals surface area (Å²) in [6.45, 7) is -0.735. The van der Waals surface area contributed by atoms with Gasteiger partial charge in [-0.1, -0.05) is 0 Å². The molecule has 0 bridgehead atoms. The number of anilines is 1. The van der Waals surface area contributed by atoms with Crippen LogP contribution in [0.3, 0.4) is 0 Å². The smallest absolute Gasteiger partial charge is 0.368 e. The lowest BCUT2D eigenvalue weighted by Crippen LogP contribution is -2.37. The van der Waals surface area contributed by atoms with E-state index >= 15 is 0 Å². The van der Waals surface area contributed by atoms with Crippen LogP contribution in [0, 0.1) is 0 Å². The Kier molecular flexibility index (Phi) is 4.47. The molecule has 2 rings (SSSR count). The summed E-state index contributed by atoms with van der Waals surface area (Å²) in [4.78, 5) is 26.0. The maximum atomic E-state index is 11.8. The van der Waals surface area contributed by atoms with Gasteiger partial charge < -0.3 is 31.1 Å². The van der Waals surface area contributed by atoms with E-state index in [1.807, 2.05) is 0 Å². The standard InChI is InChI=1S/C10H15N5O6/c11-5(17)1-12-6-2-13-15(10(20)14-6)9-8(19)7(18)4(3-16)21-9/h2,4,7-9,16,18-19H,1,3H2,(H2,11,17)(H,12,14,20)/t4-,7-,8-,9?/m1/s1. The number of nitrogens with two attached hydrogens (primary N) is 1. The monoisotopic (exact) mass is 301 g/mol. The normalized spacial score (nSPS) is 28.5. The highest BCUT2D eigenvalue weighted by Crippen LogP contribution is 2.27. The van der Waals surface area contributed by atoms with Crippen molar-refractivity contribution < 1.29 is 24.9 Å². The SMILES string of the molecule is NC(=O)CNc1cnn(C2O[C@H](CO)[C@@H](O)[C@H]2O)c(=O)n1. The molecule has 0 radical (unpaired) electrons. The van der Waals surface area contributed by atoms with E-state index < -0.39 is 42.7 Å². The Morgan fingerprint density at radius 2 is 2.19 bits per heavy atom. The van der Waals surface area contributed by atoms with Crippen LogP contribution in [0.25, 0.3) is 0 Å². The van der Waals surface area contributed by atoms with Gasteiger partial charge in [-0.25, -0.2) is 4.79 Å². The van der Waals surface area contributed by atoms with Gasteiger partial charge in [-0.3, -0.25) is 4.79 Å². The molecule has 1 amide bonds. The number of carbonyl (C=O) groups excluding carboxylic acids is 1. The molecule has 2 heterocycles. The first-order valence-electron chi connectivity index (χ1n) is 6.04. The number of hydrogen-bond acceptors (Lipinski definition) is 9. The van der Waals surface area contributed by atoms with Crippen LogP contribution in [-0.2, 0) is 9.53 Å². The number of nitrogens with zero attached hydrogens (tertiary/aromatic N) is 3. The van der Waals surface area contributed by atoms with Crippen molar-refractivity contribution in [3.8, 4) is 0 Å². The average Bonchev–Trinajstić information content (AvgIpc) is 2.73. The van der Waals surface area contributed by atoms with E-state index in [9.17, 15) is 19.8 Å². The summed E-state index contributed by atoms with van der Waals surface area (Å²) in [5, 5.41) is 34.6. The van der Waals surface area contributed by atoms with Gasteiger partial charge in [0, 0.05) is 0 Å². The molecule has 116 valence electrons. The van der Waals surface area contributed by atoms with Crippen LogP contribution >= 0.6 is 0 Å². The minimum Gasteiger partial charge on any atom is -0.394 e. The van der Waals surface area contributed by atoms with Crippen LogP contribution < -0.4 is 16.7 Å². The van der Waals surface area contributed by atoms with Crippen molar-refractivity contribution in [1.82, 2.24) is 14.8 Å². The van der Waals surface area contributed by atoms with Crippen molar-refractivity contribution in [3.63, 3.8) is 0 Å². The number of ether oxygens (including phenoxy) is 1. The highest BCUT2D eigenvalue weighted by Gasteiger charge is 2.44. The Morgan fingerprint density at radius 3 is 2.71 bits per heavy atom. The molecule has 1 aliphatic rings. The molecule has 1 fully saturated rings. The predicted octanol–water partition coefficient (Wildman–Crippen LogP) is -3.85. The predicted molar refractivity (Wildman–Crippen MR) is 67.0 cm³/mol. The second-order valence-corrected chi connectivity index (χ2v) is 4.42. The fraction of sp³-hybridized carbons (Fsp3) is 0.600. The first kappa shape index (κ1) is 15.3. The summed E-state index contributed by atoms with van der Waals surface area (Å²) < 4.78 is 5.89. The Bertz CT molecular complexity index is 577. The quantitative estimate of drug-likeness (QED) is 0.365. The molecule has 1 saturated heterocycles. The molecule has 1 aliphatic heterocycles. The number of nitrogens with one attached hydrogen (secondary N) is 1. The first-order valence-corrected chi connectivity index (χ1v) is 6.04. The second-order valence-electron chi connectivity index (χ2n) is 4.42. The third-order valence-corrected chi connectivity index (χ3v) is 2.92. The molecule has 21 heavy (non-hydrogen) atoms. The van der Waals surface area contributed by atoms with Crippen molar-refractivity contribution in [2.45, 2.75) is 24.5 Å². The topological polar surface area (TPSA) is 173 Å². The molecule has 11 nitrogen and oxygen atoms in total. The lowest BCUT2D eigenvalue weighted by molar-refractivity contribution is -0.116. The number of hydrogen-bond donors (Lipinski definition) is 5. The molecule has 4 atom stereocenters. The fourth-order valence-electron chi connectivity index (χ4n) is 1.87. The van der Waals surface area contributed by atoms with Gasteiger partial charge >= 0.3 is 5.69 Å². The van der Waals surface area contributed by atoms with E-state index in [1.165, 1.54) is 0 Å². The third kappa shape index (κ3) is 3.16. The molecule has 1 unspecified atom stereocenters. The molecule has 1 aromatic heterocycles. The fourth-order valence-corrected chi connectivity index (χ4v) is 1.87. The van der Waals surface area contributed by atoms with Gasteiger partial charge in [0.2, 0.25) is 5.91 Å². The summed E-state index contributed by atoms with van der Waals surface area (Å²) >= 11 is 0. The summed E-state index contributed by atoms with van der Waals surface area (Å²) in [7, 11) is 0. The maximum Gasteiger partial charge on any atom is 0.368 e. The van der Waals surface area contributed by atoms with Gasteiger partial charge in [-0.05, 0) is 0 Å². The Labute approximate surface area is 118 Å². The van der Waals surface area contributed by atoms with Crippen LogP contribution in [0.4, 0.5) is 5.82 Å². The zero-order chi connectivity index (χ0) is 15.6. The molecule has 0 spiro atoms. The van der Waals surface area contributed by atoms with E-state index in [4.69, 9.17) is 15.6 Å². The largest absolute Gasteiger partial charge is 0.394 e. The molecule has 0 saturated carbocycles. The van der Waals surface area contributed by atoms with Gasteiger partial charge in [0.25, 0.3) is 0 Å². The van der Waals surface area contributed by atoms with Crippen LogP contribution in [0.1, 0.15) is 6.23 Å². The Morgan fingerprint density at radius 1 is 1.48 bits per heavy atom. The third-order valence-electron chi connectivity index (χ3n) is 2.92. The second kappa shape index (κ2) is 6.13. The zero-order valence-corrected chi connectivity index (χ0v) is 10.8. The van der Waals surface area contributed by atoms with Crippen molar-refractivity contribution in [3.05, 3.63) is 16.7 Å². The van der Waals surface area contributed by atoms with Crippen molar-refractivity contribution in [2.24, 2.45) is 5.73 Å². The molecular formula is C10H15N5O6. The van der Waals surface area contributed by atoms with Gasteiger partial charge in [-0.2, -0.15) is 14.8 Å². The van der Waals surface area contributed by atoms with Crippen molar-refractivity contribution in [1.29, 1.82) is 0 Å². The maximum absolute atomic E-state index is 11.8. The minimum atomic E-state index is -1.43. The number of aliphatic hydroxyl groups is 3. The van der Waals surface area contributed by atoms with Crippen molar-refractivity contribution in [2.75, 3.05) is 18.5 Å². The summed E-state index contributed by atoms with van der Waals surface area (Å²) in [6.07, 6.45) is -3.92. The number of amides is 1. The Balaban J connectivity index is 2.18. The Hall–Kier alpha value is -2.08. The van der Waals surface area contributed by atoms with Crippen LogP contribution in [-0.4, -0.2) is 67.5 Å². The summed E-state index contributed by atoms with van der Waals surface area (Å²) in [5.74, 6) is -0.605. The van der Waals surface area contributed by atoms with Crippen LogP contribution in [0.5, 0.6) is 0 Å². The molecule has 0 aromatic carbocycles. The van der Waals surface area contributed by atoms with Crippen LogP contribution in [0.15, 0.2) is 11.0 Å². The minimum absolute atomic E-state index is 0.0294. The van der Waals surface area contributed by atoms with E-state index in [0.717, 1.165) is 10.9 Å². The molecule has 6 N–H and O–H groups in total. The first-order chi connectivity index (χ1) is 9.93. The average molecular weight is 301 g/mol. The van der Waals surface area contributed by atoms with Gasteiger partial charge in [0.05, 0.1) is 19.3 Å². The number of primary amides is 1. The molecular weight excluding hydrogens is 286 g/mol. The number of aliphatic hydroxyl groups excluding tert-OH is 3. The van der Waals surface area contributed by atoms with Gasteiger partial charge in [0.1, 0.15) is 18.3 Å². The number of rotatable bonds is 5. The number of aromatic nitrogens is 3. The molecule has 1 aromatic rings. The number of carbonyl (C=O) groups is 1. The zero-order valence-electron chi connectivity index (χ0n) is 10.8. The van der Waals surface area contributed by atoms with Gasteiger partial charge in [-0.15, -0.1) is 0 Å². The van der Waals surface area contributed by atoms with E-state index in [1.54, 1.807) is 0 Å². The molecule has 0 aliphatic carbocycles. The van der Waals surface area contributed by atoms with E-state index in [0.29, 0.717) is 0 Å².